The first-order chi connectivity index (χ1) is 8.70. The van der Waals surface area contributed by atoms with Crippen molar-refractivity contribution in [2.75, 3.05) is 52.4 Å². The molecule has 0 aliphatic carbocycles. The van der Waals surface area contributed by atoms with Crippen molar-refractivity contribution in [1.29, 1.82) is 0 Å². The first kappa shape index (κ1) is 14.3. The minimum atomic E-state index is 0.348. The minimum Gasteiger partial charge on any atom is -0.396 e. The van der Waals surface area contributed by atoms with Gasteiger partial charge in [-0.1, -0.05) is 0 Å². The molecule has 2 rings (SSSR count). The lowest BCUT2D eigenvalue weighted by Crippen LogP contribution is -2.47. The van der Waals surface area contributed by atoms with Crippen LogP contribution in [0, 0.1) is 11.8 Å². The molecule has 0 spiro atoms. The average molecular weight is 255 g/mol. The topological polar surface area (TPSA) is 38.7 Å². The van der Waals surface area contributed by atoms with Gasteiger partial charge in [0, 0.05) is 51.9 Å². The van der Waals surface area contributed by atoms with Gasteiger partial charge < -0.3 is 20.2 Å². The SMILES string of the molecule is CC(C)N1CCC(C(CO)CN2CCNCC2)C1. The second-order valence-corrected chi connectivity index (χ2v) is 6.13. The molecule has 2 unspecified atom stereocenters. The molecule has 0 aromatic rings. The molecule has 0 bridgehead atoms. The maximum Gasteiger partial charge on any atom is 0.0474 e. The monoisotopic (exact) mass is 255 g/mol. The summed E-state index contributed by atoms with van der Waals surface area (Å²) in [5.74, 6) is 1.15. The smallest absolute Gasteiger partial charge is 0.0474 e. The van der Waals surface area contributed by atoms with Gasteiger partial charge in [0.25, 0.3) is 0 Å². The largest absolute Gasteiger partial charge is 0.396 e. The summed E-state index contributed by atoms with van der Waals surface area (Å²) in [5.41, 5.74) is 0. The quantitative estimate of drug-likeness (QED) is 0.738. The van der Waals surface area contributed by atoms with Crippen molar-refractivity contribution in [2.45, 2.75) is 26.3 Å². The van der Waals surface area contributed by atoms with E-state index in [0.29, 0.717) is 24.5 Å². The molecule has 2 N–H and O–H groups in total. The lowest BCUT2D eigenvalue weighted by molar-refractivity contribution is 0.113. The lowest BCUT2D eigenvalue weighted by Gasteiger charge is -2.32. The Morgan fingerprint density at radius 3 is 2.50 bits per heavy atom. The molecule has 0 aromatic heterocycles. The summed E-state index contributed by atoms with van der Waals surface area (Å²) in [4.78, 5) is 5.06. The Balaban J connectivity index is 1.81. The molecule has 4 nitrogen and oxygen atoms in total. The van der Waals surface area contributed by atoms with Crippen LogP contribution in [0.15, 0.2) is 0 Å². The highest BCUT2D eigenvalue weighted by Gasteiger charge is 2.31. The zero-order chi connectivity index (χ0) is 13.0. The van der Waals surface area contributed by atoms with E-state index in [1.54, 1.807) is 0 Å². The maximum atomic E-state index is 9.68. The average Bonchev–Trinajstić information content (AvgIpc) is 2.87. The molecule has 2 aliphatic rings. The zero-order valence-corrected chi connectivity index (χ0v) is 11.9. The van der Waals surface area contributed by atoms with Gasteiger partial charge in [-0.2, -0.15) is 0 Å². The summed E-state index contributed by atoms with van der Waals surface area (Å²) in [6, 6.07) is 0.647. The fraction of sp³-hybridized carbons (Fsp3) is 1.00. The number of aliphatic hydroxyl groups excluding tert-OH is 1. The number of likely N-dealkylation sites (tertiary alicyclic amines) is 1. The Hall–Kier alpha value is -0.160. The lowest BCUT2D eigenvalue weighted by atomic mass is 9.91. The summed E-state index contributed by atoms with van der Waals surface area (Å²) >= 11 is 0. The number of piperazine rings is 1. The first-order valence-electron chi connectivity index (χ1n) is 7.48. The fourth-order valence-corrected chi connectivity index (χ4v) is 3.25. The maximum absolute atomic E-state index is 9.68. The minimum absolute atomic E-state index is 0.348. The van der Waals surface area contributed by atoms with Crippen LogP contribution < -0.4 is 5.32 Å². The van der Waals surface area contributed by atoms with E-state index < -0.39 is 0 Å². The summed E-state index contributed by atoms with van der Waals surface area (Å²) in [7, 11) is 0. The Bertz CT molecular complexity index is 241. The van der Waals surface area contributed by atoms with Crippen LogP contribution in [-0.2, 0) is 0 Å². The number of rotatable bonds is 5. The normalized spacial score (nSPS) is 29.0. The molecule has 2 atom stereocenters. The van der Waals surface area contributed by atoms with Crippen LogP contribution in [0.3, 0.4) is 0 Å². The van der Waals surface area contributed by atoms with Crippen molar-refractivity contribution < 1.29 is 5.11 Å². The van der Waals surface area contributed by atoms with Crippen LogP contribution in [0.5, 0.6) is 0 Å². The van der Waals surface area contributed by atoms with Crippen LogP contribution in [0.1, 0.15) is 20.3 Å². The van der Waals surface area contributed by atoms with Gasteiger partial charge >= 0.3 is 0 Å². The molecular formula is C14H29N3O. The second kappa shape index (κ2) is 6.85. The number of hydrogen-bond acceptors (Lipinski definition) is 4. The van der Waals surface area contributed by atoms with Crippen molar-refractivity contribution in [1.82, 2.24) is 15.1 Å². The van der Waals surface area contributed by atoms with E-state index in [1.807, 2.05) is 0 Å². The van der Waals surface area contributed by atoms with Gasteiger partial charge in [-0.15, -0.1) is 0 Å². The summed E-state index contributed by atoms with van der Waals surface area (Å²) in [5, 5.41) is 13.1. The van der Waals surface area contributed by atoms with Crippen molar-refractivity contribution in [3.63, 3.8) is 0 Å². The summed E-state index contributed by atoms with van der Waals surface area (Å²) < 4.78 is 0. The number of aliphatic hydroxyl groups is 1. The van der Waals surface area contributed by atoms with Crippen molar-refractivity contribution in [3.8, 4) is 0 Å². The van der Waals surface area contributed by atoms with Crippen LogP contribution in [0.25, 0.3) is 0 Å². The Kier molecular flexibility index (Phi) is 5.42. The predicted octanol–water partition coefficient (Wildman–Crippen LogP) is 0.230. The fourth-order valence-electron chi connectivity index (χ4n) is 3.25. The molecule has 18 heavy (non-hydrogen) atoms. The number of hydrogen-bond donors (Lipinski definition) is 2. The molecule has 4 heteroatoms. The van der Waals surface area contributed by atoms with Gasteiger partial charge in [0.15, 0.2) is 0 Å². The van der Waals surface area contributed by atoms with E-state index in [2.05, 4.69) is 29.0 Å². The zero-order valence-electron chi connectivity index (χ0n) is 11.9. The molecule has 106 valence electrons. The van der Waals surface area contributed by atoms with E-state index in [1.165, 1.54) is 19.5 Å². The molecule has 2 saturated heterocycles. The van der Waals surface area contributed by atoms with Gasteiger partial charge in [0.1, 0.15) is 0 Å². The van der Waals surface area contributed by atoms with E-state index in [9.17, 15) is 5.11 Å². The van der Waals surface area contributed by atoms with Crippen molar-refractivity contribution in [3.05, 3.63) is 0 Å². The van der Waals surface area contributed by atoms with Crippen LogP contribution in [0.4, 0.5) is 0 Å². The Labute approximate surface area is 111 Å². The second-order valence-electron chi connectivity index (χ2n) is 6.13. The summed E-state index contributed by atoms with van der Waals surface area (Å²) in [6.45, 7) is 12.8. The molecule has 2 fully saturated rings. The van der Waals surface area contributed by atoms with Gasteiger partial charge in [0.05, 0.1) is 0 Å². The Morgan fingerprint density at radius 1 is 1.22 bits per heavy atom. The third-order valence-electron chi connectivity index (χ3n) is 4.59. The molecule has 2 aliphatic heterocycles. The summed E-state index contributed by atoms with van der Waals surface area (Å²) in [6.07, 6.45) is 1.26. The van der Waals surface area contributed by atoms with E-state index in [0.717, 1.165) is 32.7 Å². The van der Waals surface area contributed by atoms with Crippen LogP contribution >= 0.6 is 0 Å². The van der Waals surface area contributed by atoms with E-state index >= 15 is 0 Å². The standard InChI is InChI=1S/C14H29N3O/c1-12(2)17-6-3-13(10-17)14(11-18)9-16-7-4-15-5-8-16/h12-15,18H,3-11H2,1-2H3. The molecular weight excluding hydrogens is 226 g/mol. The highest BCUT2D eigenvalue weighted by Crippen LogP contribution is 2.26. The van der Waals surface area contributed by atoms with Crippen molar-refractivity contribution in [2.24, 2.45) is 11.8 Å². The molecule has 2 heterocycles. The van der Waals surface area contributed by atoms with Gasteiger partial charge in [-0.25, -0.2) is 0 Å². The molecule has 0 amide bonds. The highest BCUT2D eigenvalue weighted by molar-refractivity contribution is 4.84. The molecule has 0 saturated carbocycles. The first-order valence-corrected chi connectivity index (χ1v) is 7.48. The number of nitrogens with zero attached hydrogens (tertiary/aromatic N) is 2. The number of nitrogens with one attached hydrogen (secondary N) is 1. The van der Waals surface area contributed by atoms with Gasteiger partial charge in [-0.3, -0.25) is 0 Å². The van der Waals surface area contributed by atoms with Gasteiger partial charge in [0.2, 0.25) is 0 Å². The van der Waals surface area contributed by atoms with Crippen LogP contribution in [-0.4, -0.2) is 73.4 Å². The van der Waals surface area contributed by atoms with Crippen LogP contribution in [0.2, 0.25) is 0 Å². The Morgan fingerprint density at radius 2 is 1.94 bits per heavy atom. The van der Waals surface area contributed by atoms with Gasteiger partial charge in [-0.05, 0) is 38.6 Å². The predicted molar refractivity (Wildman–Crippen MR) is 74.7 cm³/mol. The molecule has 0 radical (unpaired) electrons. The van der Waals surface area contributed by atoms with Crippen molar-refractivity contribution >= 4 is 0 Å². The van der Waals surface area contributed by atoms with E-state index in [-0.39, 0.29) is 0 Å². The molecule has 0 aromatic carbocycles. The highest BCUT2D eigenvalue weighted by atomic mass is 16.3. The van der Waals surface area contributed by atoms with E-state index in [4.69, 9.17) is 0 Å². The third-order valence-corrected chi connectivity index (χ3v) is 4.59. The third kappa shape index (κ3) is 3.67.